The van der Waals surface area contributed by atoms with Crippen molar-refractivity contribution in [3.63, 3.8) is 0 Å². The highest BCUT2D eigenvalue weighted by Gasteiger charge is 2.56. The summed E-state index contributed by atoms with van der Waals surface area (Å²) in [6.45, 7) is 7.44. The van der Waals surface area contributed by atoms with Crippen molar-refractivity contribution in [1.82, 2.24) is 20.9 Å². The number of carbonyl (C=O) groups is 5. The molecule has 3 heterocycles. The topological polar surface area (TPSA) is 174 Å². The highest BCUT2D eigenvalue weighted by atomic mass is 19.4. The lowest BCUT2D eigenvalue weighted by Gasteiger charge is -2.35. The third-order valence-corrected chi connectivity index (χ3v) is 9.11. The minimum absolute atomic E-state index is 0.00841. The number of alkyl carbamates (subject to hydrolysis) is 1. The molecule has 0 radical (unpaired) electrons. The number of nitrogens with zero attached hydrogens (tertiary/aromatic N) is 2. The summed E-state index contributed by atoms with van der Waals surface area (Å²) in [5.41, 5.74) is -1.62. The molecule has 1 aliphatic carbocycles. The number of amides is 4. The van der Waals surface area contributed by atoms with Crippen LogP contribution in [0.25, 0.3) is 0 Å². The van der Waals surface area contributed by atoms with Gasteiger partial charge in [-0.3, -0.25) is 19.2 Å². The van der Waals surface area contributed by atoms with Crippen LogP contribution in [0.1, 0.15) is 78.2 Å². The van der Waals surface area contributed by atoms with Crippen molar-refractivity contribution in [3.8, 4) is 5.75 Å². The van der Waals surface area contributed by atoms with Gasteiger partial charge in [0.2, 0.25) is 17.6 Å². The number of likely N-dealkylation sites (tertiary alicyclic amines) is 1. The quantitative estimate of drug-likeness (QED) is 0.274. The predicted molar refractivity (Wildman–Crippen MR) is 173 cm³/mol. The molecule has 2 saturated heterocycles. The number of halogens is 3. The lowest BCUT2D eigenvalue weighted by molar-refractivity contribution is -0.274. The molecule has 3 aliphatic heterocycles. The Kier molecular flexibility index (Phi) is 11.2. The van der Waals surface area contributed by atoms with Gasteiger partial charge in [-0.15, -0.1) is 13.2 Å². The Balaban J connectivity index is 1.39. The minimum atomic E-state index is -4.91. The standard InChI is InChI=1S/C34H44F3N5O9/c1-5-7-23(26(43)29(45)38-20-10-11-20)39-28(44)25-16-33(15-24(41-51-33)19-8-6-9-21(14-19)50-34(35,36)37)18-42(25)30(46)27(32(2,3)4)40-31(47)49-22-12-13-48-17-22/h6,8-9,14,20,22-23,25,27H,5,7,10-13,15-18H2,1-4H3,(H,38,45)(H,39,44)(H,40,47)/t22-,23-,25-,27+,33+/m0/s1. The van der Waals surface area contributed by atoms with Crippen molar-refractivity contribution in [2.24, 2.45) is 10.6 Å². The first-order valence-corrected chi connectivity index (χ1v) is 17.1. The predicted octanol–water partition coefficient (Wildman–Crippen LogP) is 3.11. The van der Waals surface area contributed by atoms with E-state index in [1.807, 2.05) is 0 Å². The molecule has 280 valence electrons. The fraction of sp³-hybridized carbons (Fsp3) is 0.647. The Labute approximate surface area is 293 Å². The van der Waals surface area contributed by atoms with Crippen molar-refractivity contribution in [1.29, 1.82) is 0 Å². The Hall–Kier alpha value is -4.41. The van der Waals surface area contributed by atoms with Gasteiger partial charge in [-0.25, -0.2) is 4.79 Å². The number of benzene rings is 1. The maximum atomic E-state index is 14.4. The summed E-state index contributed by atoms with van der Waals surface area (Å²) in [5, 5.41) is 12.1. The summed E-state index contributed by atoms with van der Waals surface area (Å²) in [6.07, 6.45) is -3.68. The molecule has 1 saturated carbocycles. The molecule has 1 spiro atoms. The molecule has 3 N–H and O–H groups in total. The summed E-state index contributed by atoms with van der Waals surface area (Å²) in [4.78, 5) is 74.4. The SMILES string of the molecule is CCC[C@H](NC(=O)[C@@H]1C[C@]2(CC(c3cccc(OC(F)(F)F)c3)=NO2)CN1C(=O)[C@@H](NC(=O)O[C@H]1CCOC1)C(C)(C)C)C(=O)C(=O)NC1CC1. The fourth-order valence-electron chi connectivity index (χ4n) is 6.35. The number of rotatable bonds is 12. The number of carbonyl (C=O) groups excluding carboxylic acids is 5. The lowest BCUT2D eigenvalue weighted by Crippen LogP contribution is -2.59. The second kappa shape index (κ2) is 15.1. The number of ether oxygens (including phenoxy) is 3. The summed E-state index contributed by atoms with van der Waals surface area (Å²) in [6, 6.07) is 1.53. The molecule has 0 bridgehead atoms. The number of nitrogens with one attached hydrogen (secondary N) is 3. The van der Waals surface area contributed by atoms with E-state index in [1.165, 1.54) is 17.0 Å². The van der Waals surface area contributed by atoms with Gasteiger partial charge in [-0.2, -0.15) is 0 Å². The van der Waals surface area contributed by atoms with E-state index in [4.69, 9.17) is 14.3 Å². The van der Waals surface area contributed by atoms with Gasteiger partial charge < -0.3 is 39.9 Å². The summed E-state index contributed by atoms with van der Waals surface area (Å²) in [5.74, 6) is -3.43. The van der Waals surface area contributed by atoms with Gasteiger partial charge >= 0.3 is 12.5 Å². The van der Waals surface area contributed by atoms with Crippen molar-refractivity contribution in [2.45, 2.75) is 115 Å². The van der Waals surface area contributed by atoms with Crippen LogP contribution in [-0.2, 0) is 33.5 Å². The van der Waals surface area contributed by atoms with E-state index in [0.717, 1.165) is 25.0 Å². The van der Waals surface area contributed by atoms with Crippen molar-refractivity contribution in [2.75, 3.05) is 19.8 Å². The van der Waals surface area contributed by atoms with Crippen molar-refractivity contribution in [3.05, 3.63) is 29.8 Å². The number of oxime groups is 1. The maximum Gasteiger partial charge on any atom is 0.573 e. The fourth-order valence-corrected chi connectivity index (χ4v) is 6.35. The van der Waals surface area contributed by atoms with Crippen LogP contribution >= 0.6 is 0 Å². The Morgan fingerprint density at radius 2 is 1.84 bits per heavy atom. The van der Waals surface area contributed by atoms with Gasteiger partial charge in [0, 0.05) is 30.9 Å². The van der Waals surface area contributed by atoms with Crippen LogP contribution in [-0.4, -0.2) is 102 Å². The summed E-state index contributed by atoms with van der Waals surface area (Å²) >= 11 is 0. The van der Waals surface area contributed by atoms with Gasteiger partial charge in [0.15, 0.2) is 5.60 Å². The third kappa shape index (κ3) is 9.68. The molecule has 51 heavy (non-hydrogen) atoms. The first-order chi connectivity index (χ1) is 24.0. The number of ketones is 1. The van der Waals surface area contributed by atoms with E-state index < -0.39 is 77.0 Å². The second-order valence-corrected chi connectivity index (χ2v) is 14.5. The van der Waals surface area contributed by atoms with E-state index in [9.17, 15) is 37.1 Å². The van der Waals surface area contributed by atoms with Crippen LogP contribution in [0.3, 0.4) is 0 Å². The maximum absolute atomic E-state index is 14.4. The first kappa shape index (κ1) is 37.8. The molecule has 17 heteroatoms. The van der Waals surface area contributed by atoms with E-state index in [0.29, 0.717) is 19.4 Å². The normalized spacial score (nSPS) is 24.3. The molecule has 4 amide bonds. The molecule has 14 nitrogen and oxygen atoms in total. The third-order valence-electron chi connectivity index (χ3n) is 9.11. The summed E-state index contributed by atoms with van der Waals surface area (Å²) < 4.78 is 53.5. The smallest absolute Gasteiger partial charge is 0.444 e. The van der Waals surface area contributed by atoms with Crippen LogP contribution in [0.2, 0.25) is 0 Å². The molecule has 5 rings (SSSR count). The number of hydrogen-bond acceptors (Lipinski definition) is 10. The van der Waals surface area contributed by atoms with Crippen LogP contribution < -0.4 is 20.7 Å². The zero-order chi connectivity index (χ0) is 37.1. The molecular formula is C34H44F3N5O9. The Bertz CT molecular complexity index is 1540. The number of Topliss-reactive ketones (excluding diaryl/α,β-unsaturated/α-hetero) is 1. The van der Waals surface area contributed by atoms with Gasteiger partial charge in [-0.05, 0) is 36.8 Å². The average Bonchev–Trinajstić information content (AvgIpc) is 3.40. The van der Waals surface area contributed by atoms with Crippen LogP contribution in [0.15, 0.2) is 29.4 Å². The summed E-state index contributed by atoms with van der Waals surface area (Å²) in [7, 11) is 0. The van der Waals surface area contributed by atoms with Crippen molar-refractivity contribution < 1.29 is 56.2 Å². The largest absolute Gasteiger partial charge is 0.573 e. The highest BCUT2D eigenvalue weighted by Crippen LogP contribution is 2.40. The molecule has 1 aromatic carbocycles. The van der Waals surface area contributed by atoms with Gasteiger partial charge in [-0.1, -0.05) is 51.4 Å². The molecule has 3 fully saturated rings. The second-order valence-electron chi connectivity index (χ2n) is 14.5. The molecule has 0 aromatic heterocycles. The zero-order valence-corrected chi connectivity index (χ0v) is 29.0. The molecule has 1 aromatic rings. The van der Waals surface area contributed by atoms with E-state index in [2.05, 4.69) is 25.8 Å². The number of hydrogen-bond donors (Lipinski definition) is 3. The van der Waals surface area contributed by atoms with Crippen LogP contribution in [0.5, 0.6) is 5.75 Å². The Morgan fingerprint density at radius 3 is 2.47 bits per heavy atom. The van der Waals surface area contributed by atoms with Gasteiger partial charge in [0.1, 0.15) is 23.9 Å². The van der Waals surface area contributed by atoms with Crippen LogP contribution in [0.4, 0.5) is 18.0 Å². The van der Waals surface area contributed by atoms with E-state index in [1.54, 1.807) is 27.7 Å². The van der Waals surface area contributed by atoms with E-state index >= 15 is 0 Å². The van der Waals surface area contributed by atoms with Crippen LogP contribution in [0, 0.1) is 5.41 Å². The highest BCUT2D eigenvalue weighted by molar-refractivity contribution is 6.38. The van der Waals surface area contributed by atoms with E-state index in [-0.39, 0.29) is 49.7 Å². The molecule has 5 atom stereocenters. The monoisotopic (exact) mass is 723 g/mol. The number of alkyl halides is 3. The first-order valence-electron chi connectivity index (χ1n) is 17.1. The van der Waals surface area contributed by atoms with Gasteiger partial charge in [0.05, 0.1) is 31.5 Å². The minimum Gasteiger partial charge on any atom is -0.444 e. The van der Waals surface area contributed by atoms with Crippen molar-refractivity contribution >= 4 is 35.3 Å². The average molecular weight is 724 g/mol. The molecular weight excluding hydrogens is 679 g/mol. The molecule has 0 unspecified atom stereocenters. The molecule has 4 aliphatic rings. The lowest BCUT2D eigenvalue weighted by atomic mass is 9.85. The zero-order valence-electron chi connectivity index (χ0n) is 29.0. The van der Waals surface area contributed by atoms with Gasteiger partial charge in [0.25, 0.3) is 5.91 Å². The Morgan fingerprint density at radius 1 is 1.10 bits per heavy atom.